The molecule has 2 aromatic rings. The van der Waals surface area contributed by atoms with Crippen molar-refractivity contribution in [3.63, 3.8) is 0 Å². The molecule has 10 heteroatoms. The number of amides is 1. The Morgan fingerprint density at radius 1 is 1.39 bits per heavy atom. The largest absolute Gasteiger partial charge is 0.411 e. The molecule has 2 aromatic heterocycles. The highest BCUT2D eigenvalue weighted by Crippen LogP contribution is 2.38. The molecule has 0 saturated heterocycles. The van der Waals surface area contributed by atoms with Crippen molar-refractivity contribution < 1.29 is 27.2 Å². The van der Waals surface area contributed by atoms with Crippen LogP contribution >= 0.6 is 0 Å². The number of alkyl halides is 3. The molecule has 28 heavy (non-hydrogen) atoms. The van der Waals surface area contributed by atoms with Gasteiger partial charge in [0.15, 0.2) is 5.69 Å². The number of hydrogen-bond donors (Lipinski definition) is 1. The highest BCUT2D eigenvalue weighted by Gasteiger charge is 2.34. The normalized spacial score (nSPS) is 17.4. The molecule has 7 nitrogen and oxygen atoms in total. The number of nitrogens with zero attached hydrogens (tertiary/aromatic N) is 3. The Morgan fingerprint density at radius 3 is 2.82 bits per heavy atom. The molecule has 0 fully saturated rings. The van der Waals surface area contributed by atoms with Gasteiger partial charge in [0.1, 0.15) is 19.1 Å². The van der Waals surface area contributed by atoms with E-state index in [0.717, 1.165) is 35.3 Å². The Hall–Kier alpha value is -2.36. The highest BCUT2D eigenvalue weighted by molar-refractivity contribution is 6.03. The third kappa shape index (κ3) is 4.92. The molecule has 1 aliphatic rings. The zero-order chi connectivity index (χ0) is 20.5. The summed E-state index contributed by atoms with van der Waals surface area (Å²) in [6, 6.07) is 0. The first kappa shape index (κ1) is 20.4. The van der Waals surface area contributed by atoms with E-state index in [2.05, 4.69) is 41.1 Å². The van der Waals surface area contributed by atoms with Crippen LogP contribution in [-0.2, 0) is 24.3 Å². The molecule has 0 spiro atoms. The van der Waals surface area contributed by atoms with E-state index in [9.17, 15) is 18.0 Å². The lowest BCUT2D eigenvalue weighted by Gasteiger charge is -2.33. The van der Waals surface area contributed by atoms with Crippen molar-refractivity contribution >= 4 is 11.6 Å². The Labute approximate surface area is 160 Å². The minimum Gasteiger partial charge on any atom is -0.360 e. The van der Waals surface area contributed by atoms with Crippen LogP contribution in [-0.4, -0.2) is 33.6 Å². The maximum atomic E-state index is 12.6. The summed E-state index contributed by atoms with van der Waals surface area (Å²) in [4.78, 5) is 12.6. The second kappa shape index (κ2) is 7.57. The maximum absolute atomic E-state index is 12.6. The number of hydrogen-bond acceptors (Lipinski definition) is 5. The van der Waals surface area contributed by atoms with Crippen LogP contribution in [0.1, 0.15) is 49.0 Å². The summed E-state index contributed by atoms with van der Waals surface area (Å²) in [7, 11) is 0. The maximum Gasteiger partial charge on any atom is 0.411 e. The van der Waals surface area contributed by atoms with Gasteiger partial charge >= 0.3 is 6.18 Å². The van der Waals surface area contributed by atoms with Crippen molar-refractivity contribution in [3.8, 4) is 0 Å². The number of anilines is 1. The predicted octanol–water partition coefficient (Wildman–Crippen LogP) is 3.81. The molecule has 1 N–H and O–H groups in total. The van der Waals surface area contributed by atoms with Gasteiger partial charge in [-0.2, -0.15) is 18.3 Å². The first-order valence-corrected chi connectivity index (χ1v) is 8.98. The fraction of sp³-hybridized carbons (Fsp3) is 0.611. The van der Waals surface area contributed by atoms with Gasteiger partial charge in [-0.15, -0.1) is 0 Å². The Bertz CT molecular complexity index is 836. The van der Waals surface area contributed by atoms with Crippen LogP contribution in [0.4, 0.5) is 18.9 Å². The Balaban J connectivity index is 1.63. The number of ether oxygens (including phenoxy) is 1. The van der Waals surface area contributed by atoms with Gasteiger partial charge in [0.05, 0.1) is 18.1 Å². The molecular formula is C18H23F3N4O3. The molecule has 0 aromatic carbocycles. The van der Waals surface area contributed by atoms with Crippen LogP contribution in [0.3, 0.4) is 0 Å². The third-order valence-electron chi connectivity index (χ3n) is 4.86. The van der Waals surface area contributed by atoms with Crippen LogP contribution in [0.25, 0.3) is 0 Å². The van der Waals surface area contributed by atoms with Crippen molar-refractivity contribution in [3.05, 3.63) is 29.4 Å². The summed E-state index contributed by atoms with van der Waals surface area (Å²) < 4.78 is 47.3. The fourth-order valence-electron chi connectivity index (χ4n) is 3.27. The zero-order valence-corrected chi connectivity index (χ0v) is 16.0. The number of nitrogens with one attached hydrogen (secondary N) is 1. The molecule has 0 radical (unpaired) electrons. The smallest absolute Gasteiger partial charge is 0.360 e. The van der Waals surface area contributed by atoms with Crippen molar-refractivity contribution in [2.75, 3.05) is 11.9 Å². The molecular weight excluding hydrogens is 377 g/mol. The number of rotatable bonds is 5. The lowest BCUT2D eigenvalue weighted by atomic mass is 9.71. The average Bonchev–Trinajstić information content (AvgIpc) is 3.18. The van der Waals surface area contributed by atoms with Crippen LogP contribution in [0.15, 0.2) is 16.9 Å². The van der Waals surface area contributed by atoms with Crippen LogP contribution in [0, 0.1) is 11.3 Å². The lowest BCUT2D eigenvalue weighted by molar-refractivity contribution is -0.182. The average molecular weight is 400 g/mol. The minimum absolute atomic E-state index is 0.111. The highest BCUT2D eigenvalue weighted by atomic mass is 19.4. The minimum atomic E-state index is -4.40. The number of carbonyl (C=O) groups excluding carboxylic acids is 1. The van der Waals surface area contributed by atoms with E-state index < -0.39 is 18.7 Å². The van der Waals surface area contributed by atoms with Crippen molar-refractivity contribution in [1.29, 1.82) is 0 Å². The molecule has 0 aliphatic heterocycles. The number of halogens is 3. The van der Waals surface area contributed by atoms with Crippen LogP contribution < -0.4 is 5.32 Å². The van der Waals surface area contributed by atoms with Gasteiger partial charge in [0, 0.05) is 12.0 Å². The summed E-state index contributed by atoms with van der Waals surface area (Å²) in [5, 5.41) is 10.5. The number of aromatic nitrogens is 3. The van der Waals surface area contributed by atoms with Crippen molar-refractivity contribution in [1.82, 2.24) is 14.9 Å². The SMILES string of the molecule is CC(C)(C)C1CCc2onc(C(=O)Nc3cnn(COCC(F)(F)F)c3)c2C1. The fourth-order valence-corrected chi connectivity index (χ4v) is 3.27. The first-order valence-electron chi connectivity index (χ1n) is 8.98. The number of fused-ring (bicyclic) bond motifs is 1. The molecule has 1 unspecified atom stereocenters. The van der Waals surface area contributed by atoms with E-state index in [1.54, 1.807) is 0 Å². The van der Waals surface area contributed by atoms with E-state index in [-0.39, 0.29) is 17.8 Å². The first-order chi connectivity index (χ1) is 13.0. The summed E-state index contributed by atoms with van der Waals surface area (Å²) in [5.41, 5.74) is 1.51. The van der Waals surface area contributed by atoms with E-state index >= 15 is 0 Å². The van der Waals surface area contributed by atoms with Crippen LogP contribution in [0.5, 0.6) is 0 Å². The Kier molecular flexibility index (Phi) is 5.51. The molecule has 154 valence electrons. The number of carbonyl (C=O) groups is 1. The second-order valence-corrected chi connectivity index (χ2v) is 8.05. The van der Waals surface area contributed by atoms with E-state index in [4.69, 9.17) is 4.52 Å². The zero-order valence-electron chi connectivity index (χ0n) is 16.0. The van der Waals surface area contributed by atoms with Gasteiger partial charge < -0.3 is 14.6 Å². The molecule has 3 rings (SSSR count). The molecule has 2 heterocycles. The van der Waals surface area contributed by atoms with E-state index in [1.165, 1.54) is 12.4 Å². The topological polar surface area (TPSA) is 82.2 Å². The Morgan fingerprint density at radius 2 is 2.14 bits per heavy atom. The molecule has 1 aliphatic carbocycles. The van der Waals surface area contributed by atoms with Gasteiger partial charge in [-0.05, 0) is 24.2 Å². The molecule has 0 bridgehead atoms. The van der Waals surface area contributed by atoms with Gasteiger partial charge in [0.25, 0.3) is 5.91 Å². The van der Waals surface area contributed by atoms with E-state index in [1.807, 2.05) is 0 Å². The van der Waals surface area contributed by atoms with Gasteiger partial charge in [0.2, 0.25) is 0 Å². The van der Waals surface area contributed by atoms with E-state index in [0.29, 0.717) is 11.6 Å². The predicted molar refractivity (Wildman–Crippen MR) is 93.7 cm³/mol. The van der Waals surface area contributed by atoms with Crippen LogP contribution in [0.2, 0.25) is 0 Å². The summed E-state index contributed by atoms with van der Waals surface area (Å²) in [6.07, 6.45) is 0.762. The van der Waals surface area contributed by atoms with Gasteiger partial charge in [-0.1, -0.05) is 25.9 Å². The third-order valence-corrected chi connectivity index (χ3v) is 4.86. The summed E-state index contributed by atoms with van der Waals surface area (Å²) in [5.74, 6) is 0.719. The van der Waals surface area contributed by atoms with Gasteiger partial charge in [-0.25, -0.2) is 4.68 Å². The molecule has 1 atom stereocenters. The summed E-state index contributed by atoms with van der Waals surface area (Å²) >= 11 is 0. The second-order valence-electron chi connectivity index (χ2n) is 8.05. The lowest BCUT2D eigenvalue weighted by Crippen LogP contribution is -2.27. The summed E-state index contributed by atoms with van der Waals surface area (Å²) in [6.45, 7) is 4.78. The van der Waals surface area contributed by atoms with Gasteiger partial charge in [-0.3, -0.25) is 4.79 Å². The molecule has 0 saturated carbocycles. The standard InChI is InChI=1S/C18H23F3N4O3/c1-17(2,3)11-4-5-14-13(6-11)15(24-28-14)16(26)23-12-7-22-25(8-12)10-27-9-18(19,20)21/h7-8,11H,4-6,9-10H2,1-3H3,(H,23,26). The van der Waals surface area contributed by atoms with Crippen molar-refractivity contribution in [2.24, 2.45) is 11.3 Å². The molecule has 1 amide bonds. The number of aryl methyl sites for hydroxylation is 1. The monoisotopic (exact) mass is 400 g/mol. The quantitative estimate of drug-likeness (QED) is 0.825. The van der Waals surface area contributed by atoms with Crippen molar-refractivity contribution in [2.45, 2.75) is 52.9 Å².